The number of benzene rings is 1. The van der Waals surface area contributed by atoms with Crippen molar-refractivity contribution < 1.29 is 45.4 Å². The minimum atomic E-state index is -4.82. The highest BCUT2D eigenvalue weighted by molar-refractivity contribution is 7.09. The van der Waals surface area contributed by atoms with E-state index in [1.807, 2.05) is 0 Å². The largest absolute Gasteiger partial charge is 0.573 e. The minimum absolute atomic E-state index is 0.0994. The Morgan fingerprint density at radius 3 is 2.23 bits per heavy atom. The molecule has 7 nitrogen and oxygen atoms in total. The summed E-state index contributed by atoms with van der Waals surface area (Å²) in [7, 11) is 0. The summed E-state index contributed by atoms with van der Waals surface area (Å²) >= 11 is 0.959. The lowest BCUT2D eigenvalue weighted by molar-refractivity contribution is -0.274. The number of hydrogen-bond acceptors (Lipinski definition) is 6. The van der Waals surface area contributed by atoms with E-state index < -0.39 is 43.3 Å². The van der Waals surface area contributed by atoms with Crippen LogP contribution in [0.15, 0.2) is 29.6 Å². The molecule has 1 heterocycles. The predicted octanol–water partition coefficient (Wildman–Crippen LogP) is 3.03. The van der Waals surface area contributed by atoms with Crippen molar-refractivity contribution in [1.29, 1.82) is 0 Å². The summed E-state index contributed by atoms with van der Waals surface area (Å²) in [6, 6.07) is 4.39. The van der Waals surface area contributed by atoms with Crippen molar-refractivity contribution in [3.63, 3.8) is 0 Å². The van der Waals surface area contributed by atoms with E-state index in [1.54, 1.807) is 5.32 Å². The monoisotopic (exact) mass is 457 g/mol. The van der Waals surface area contributed by atoms with Gasteiger partial charge in [-0.3, -0.25) is 9.59 Å². The third kappa shape index (κ3) is 8.55. The summed E-state index contributed by atoms with van der Waals surface area (Å²) < 4.78 is 81.3. The summed E-state index contributed by atoms with van der Waals surface area (Å²) in [5.41, 5.74) is -0.217. The van der Waals surface area contributed by atoms with E-state index in [1.165, 1.54) is 17.5 Å². The van der Waals surface area contributed by atoms with E-state index in [9.17, 15) is 35.9 Å². The van der Waals surface area contributed by atoms with Gasteiger partial charge in [0.25, 0.3) is 11.8 Å². The van der Waals surface area contributed by atoms with Crippen LogP contribution in [0.1, 0.15) is 15.5 Å². The second-order valence-corrected chi connectivity index (χ2v) is 6.45. The summed E-state index contributed by atoms with van der Waals surface area (Å²) in [6.45, 7) is -2.04. The van der Waals surface area contributed by atoms with E-state index in [0.29, 0.717) is 0 Å². The summed E-state index contributed by atoms with van der Waals surface area (Å²) in [5, 5.41) is 5.61. The van der Waals surface area contributed by atoms with Gasteiger partial charge >= 0.3 is 12.5 Å². The fourth-order valence-corrected chi connectivity index (χ4v) is 2.59. The lowest BCUT2D eigenvalue weighted by atomic mass is 10.3. The summed E-state index contributed by atoms with van der Waals surface area (Å²) in [4.78, 5) is 27.1. The lowest BCUT2D eigenvalue weighted by Crippen LogP contribution is -2.34. The van der Waals surface area contributed by atoms with Gasteiger partial charge in [0.1, 0.15) is 28.7 Å². The van der Waals surface area contributed by atoms with Gasteiger partial charge in [-0.15, -0.1) is 24.5 Å². The zero-order chi connectivity index (χ0) is 22.4. The Morgan fingerprint density at radius 2 is 1.63 bits per heavy atom. The zero-order valence-corrected chi connectivity index (χ0v) is 15.6. The standard InChI is InChI=1S/C16H13F6N3O4S/c17-15(18,19)8-24-14(27)11-7-30-13(25-11)5-23-12(26)6-28-9-1-3-10(4-2-9)29-16(20,21)22/h1-4,7H,5-6,8H2,(H,23,26)(H,24,27). The maximum atomic E-state index is 12.1. The van der Waals surface area contributed by atoms with Crippen molar-refractivity contribution in [2.45, 2.75) is 19.1 Å². The number of nitrogens with one attached hydrogen (secondary N) is 2. The minimum Gasteiger partial charge on any atom is -0.484 e. The average molecular weight is 457 g/mol. The molecule has 2 amide bonds. The molecular formula is C16H13F6N3O4S. The number of aromatic nitrogens is 1. The van der Waals surface area contributed by atoms with Gasteiger partial charge in [0.2, 0.25) is 0 Å². The Kier molecular flexibility index (Phi) is 7.48. The van der Waals surface area contributed by atoms with E-state index in [2.05, 4.69) is 15.0 Å². The van der Waals surface area contributed by atoms with Gasteiger partial charge in [0, 0.05) is 5.38 Å². The molecule has 0 bridgehead atoms. The second-order valence-electron chi connectivity index (χ2n) is 5.51. The van der Waals surface area contributed by atoms with Crippen molar-refractivity contribution in [1.82, 2.24) is 15.6 Å². The number of halogens is 6. The van der Waals surface area contributed by atoms with Gasteiger partial charge in [0.05, 0.1) is 6.54 Å². The molecule has 1 aromatic carbocycles. The molecule has 0 fully saturated rings. The van der Waals surface area contributed by atoms with Crippen LogP contribution in [0.25, 0.3) is 0 Å². The van der Waals surface area contributed by atoms with Crippen LogP contribution >= 0.6 is 11.3 Å². The molecule has 30 heavy (non-hydrogen) atoms. The molecule has 0 saturated carbocycles. The van der Waals surface area contributed by atoms with Crippen LogP contribution in [0.4, 0.5) is 26.3 Å². The fraction of sp³-hybridized carbons (Fsp3) is 0.312. The van der Waals surface area contributed by atoms with E-state index in [-0.39, 0.29) is 23.0 Å². The smallest absolute Gasteiger partial charge is 0.484 e. The Balaban J connectivity index is 1.75. The number of alkyl halides is 6. The average Bonchev–Trinajstić information content (AvgIpc) is 3.11. The van der Waals surface area contributed by atoms with Gasteiger partial charge in [-0.1, -0.05) is 0 Å². The normalized spacial score (nSPS) is 11.7. The quantitative estimate of drug-likeness (QED) is 0.595. The molecule has 0 aliphatic carbocycles. The second kappa shape index (κ2) is 9.65. The molecule has 2 N–H and O–H groups in total. The molecular weight excluding hydrogens is 444 g/mol. The molecule has 14 heteroatoms. The molecule has 164 valence electrons. The molecule has 0 spiro atoms. The van der Waals surface area contributed by atoms with Crippen LogP contribution in [-0.2, 0) is 11.3 Å². The Bertz CT molecular complexity index is 867. The first-order chi connectivity index (χ1) is 13.9. The molecule has 0 aliphatic heterocycles. The molecule has 0 saturated heterocycles. The molecule has 0 unspecified atom stereocenters. The van der Waals surface area contributed by atoms with Crippen molar-refractivity contribution in [3.05, 3.63) is 40.3 Å². The molecule has 0 radical (unpaired) electrons. The number of hydrogen-bond donors (Lipinski definition) is 2. The number of ether oxygens (including phenoxy) is 2. The molecule has 1 aromatic heterocycles. The van der Waals surface area contributed by atoms with Gasteiger partial charge in [-0.05, 0) is 24.3 Å². The van der Waals surface area contributed by atoms with Crippen LogP contribution in [0.5, 0.6) is 11.5 Å². The number of thiazole rings is 1. The first kappa shape index (κ1) is 23.3. The van der Waals surface area contributed by atoms with E-state index in [0.717, 1.165) is 23.5 Å². The zero-order valence-electron chi connectivity index (χ0n) is 14.8. The highest BCUT2D eigenvalue weighted by Gasteiger charge is 2.31. The highest BCUT2D eigenvalue weighted by Crippen LogP contribution is 2.24. The molecule has 0 atom stereocenters. The summed E-state index contributed by atoms with van der Waals surface area (Å²) in [6.07, 6.45) is -9.37. The fourth-order valence-electron chi connectivity index (χ4n) is 1.88. The first-order valence-corrected chi connectivity index (χ1v) is 8.84. The number of carbonyl (C=O) groups excluding carboxylic acids is 2. The number of rotatable bonds is 8. The number of carbonyl (C=O) groups is 2. The van der Waals surface area contributed by atoms with Crippen molar-refractivity contribution in [2.75, 3.05) is 13.2 Å². The van der Waals surface area contributed by atoms with Crippen LogP contribution in [-0.4, -0.2) is 42.5 Å². The van der Waals surface area contributed by atoms with Crippen molar-refractivity contribution in [2.24, 2.45) is 0 Å². The van der Waals surface area contributed by atoms with Crippen molar-refractivity contribution in [3.8, 4) is 11.5 Å². The molecule has 2 aromatic rings. The third-order valence-electron chi connectivity index (χ3n) is 3.10. The van der Waals surface area contributed by atoms with Gasteiger partial charge < -0.3 is 20.1 Å². The molecule has 0 aliphatic rings. The topological polar surface area (TPSA) is 89.6 Å². The van der Waals surface area contributed by atoms with Crippen molar-refractivity contribution >= 4 is 23.2 Å². The first-order valence-electron chi connectivity index (χ1n) is 7.96. The summed E-state index contributed by atoms with van der Waals surface area (Å²) in [5.74, 6) is -1.91. The Labute approximate surface area is 169 Å². The lowest BCUT2D eigenvalue weighted by Gasteiger charge is -2.10. The Morgan fingerprint density at radius 1 is 1.00 bits per heavy atom. The van der Waals surface area contributed by atoms with Crippen LogP contribution < -0.4 is 20.1 Å². The van der Waals surface area contributed by atoms with Gasteiger partial charge in [0.15, 0.2) is 6.61 Å². The Hall–Kier alpha value is -3.03. The molecule has 2 rings (SSSR count). The van der Waals surface area contributed by atoms with Crippen LogP contribution in [0.3, 0.4) is 0 Å². The van der Waals surface area contributed by atoms with Gasteiger partial charge in [-0.2, -0.15) is 13.2 Å². The van der Waals surface area contributed by atoms with Crippen LogP contribution in [0.2, 0.25) is 0 Å². The van der Waals surface area contributed by atoms with Gasteiger partial charge in [-0.25, -0.2) is 4.98 Å². The van der Waals surface area contributed by atoms with E-state index in [4.69, 9.17) is 4.74 Å². The highest BCUT2D eigenvalue weighted by atomic mass is 32.1. The SMILES string of the molecule is O=C(COc1ccc(OC(F)(F)F)cc1)NCc1nc(C(=O)NCC(F)(F)F)cs1. The maximum absolute atomic E-state index is 12.1. The predicted molar refractivity (Wildman–Crippen MR) is 91.0 cm³/mol. The van der Waals surface area contributed by atoms with E-state index >= 15 is 0 Å². The van der Waals surface area contributed by atoms with Crippen LogP contribution in [0, 0.1) is 0 Å². The third-order valence-corrected chi connectivity index (χ3v) is 3.95. The maximum Gasteiger partial charge on any atom is 0.573 e. The number of nitrogens with zero attached hydrogens (tertiary/aromatic N) is 1. The number of amides is 2.